The van der Waals surface area contributed by atoms with Crippen molar-refractivity contribution < 1.29 is 29.0 Å². The van der Waals surface area contributed by atoms with Crippen molar-refractivity contribution in [2.75, 3.05) is 6.54 Å². The third kappa shape index (κ3) is 5.85. The number of nitrogens with zero attached hydrogens (tertiary/aromatic N) is 2. The van der Waals surface area contributed by atoms with Crippen molar-refractivity contribution in [2.45, 2.75) is 83.7 Å². The van der Waals surface area contributed by atoms with Crippen molar-refractivity contribution in [3.8, 4) is 16.2 Å². The van der Waals surface area contributed by atoms with Crippen LogP contribution in [0, 0.1) is 12.3 Å². The van der Waals surface area contributed by atoms with Gasteiger partial charge in [0.25, 0.3) is 5.91 Å². The molecule has 1 saturated carbocycles. The number of Topliss-reactive ketones (excluding diaryl/α,β-unsaturated/α-hetero) is 1. The van der Waals surface area contributed by atoms with Gasteiger partial charge in [-0.05, 0) is 48.8 Å². The van der Waals surface area contributed by atoms with E-state index in [2.05, 4.69) is 10.3 Å². The number of hydrogen-bond acceptors (Lipinski definition) is 7. The fraction of sp³-hybridized carbons (Fsp3) is 0.556. The van der Waals surface area contributed by atoms with Crippen LogP contribution in [0.1, 0.15) is 57.7 Å². The standard InChI is InChI=1S/C27H34FN3O5S/c1-15-22(37-14-29-15)17-6-5-16(21(34)11-17)7-8-20(33)19-12-18(32)13-31(19)24(35)23(26(2,3)4)30-25(36)27(28)9-10-27/h5-6,11,14,18-19,23,32,34H,7-10,12-13H2,1-4H3,(H,30,36)/t18-,19+,23-/m1/s1. The van der Waals surface area contributed by atoms with Crippen LogP contribution in [0.4, 0.5) is 4.39 Å². The molecule has 0 spiro atoms. The molecular formula is C27H34FN3O5S. The molecule has 0 bridgehead atoms. The number of amides is 2. The maximum absolute atomic E-state index is 14.3. The van der Waals surface area contributed by atoms with Gasteiger partial charge in [0.15, 0.2) is 11.5 Å². The third-order valence-corrected chi connectivity index (χ3v) is 8.13. The maximum Gasteiger partial charge on any atom is 0.258 e. The maximum atomic E-state index is 14.3. The molecule has 10 heteroatoms. The van der Waals surface area contributed by atoms with Gasteiger partial charge in [-0.2, -0.15) is 0 Å². The summed E-state index contributed by atoms with van der Waals surface area (Å²) in [4.78, 5) is 45.6. The van der Waals surface area contributed by atoms with Gasteiger partial charge in [0.1, 0.15) is 11.8 Å². The number of aromatic nitrogens is 1. The van der Waals surface area contributed by atoms with Gasteiger partial charge in [0.05, 0.1) is 28.2 Å². The average Bonchev–Trinajstić information content (AvgIpc) is 3.23. The lowest BCUT2D eigenvalue weighted by molar-refractivity contribution is -0.144. The zero-order valence-corrected chi connectivity index (χ0v) is 22.4. The summed E-state index contributed by atoms with van der Waals surface area (Å²) >= 11 is 1.48. The van der Waals surface area contributed by atoms with Gasteiger partial charge >= 0.3 is 0 Å². The fourth-order valence-electron chi connectivity index (χ4n) is 4.69. The number of rotatable bonds is 8. The number of aromatic hydroxyl groups is 1. The van der Waals surface area contributed by atoms with Crippen molar-refractivity contribution in [1.29, 1.82) is 0 Å². The number of alkyl halides is 1. The lowest BCUT2D eigenvalue weighted by atomic mass is 9.85. The predicted molar refractivity (Wildman–Crippen MR) is 138 cm³/mol. The van der Waals surface area contributed by atoms with Crippen LogP contribution >= 0.6 is 11.3 Å². The van der Waals surface area contributed by atoms with Gasteiger partial charge in [-0.25, -0.2) is 9.37 Å². The monoisotopic (exact) mass is 531 g/mol. The fourth-order valence-corrected chi connectivity index (χ4v) is 5.50. The minimum atomic E-state index is -1.93. The molecule has 200 valence electrons. The largest absolute Gasteiger partial charge is 0.508 e. The van der Waals surface area contributed by atoms with Crippen LogP contribution < -0.4 is 5.32 Å². The molecule has 0 radical (unpaired) electrons. The number of thiazole rings is 1. The van der Waals surface area contributed by atoms with E-state index in [1.807, 2.05) is 13.0 Å². The van der Waals surface area contributed by atoms with Crippen LogP contribution in [0.15, 0.2) is 23.7 Å². The molecule has 1 saturated heterocycles. The quantitative estimate of drug-likeness (QED) is 0.481. The third-order valence-electron chi connectivity index (χ3n) is 7.15. The summed E-state index contributed by atoms with van der Waals surface area (Å²) < 4.78 is 14.3. The van der Waals surface area contributed by atoms with E-state index in [0.717, 1.165) is 16.1 Å². The highest BCUT2D eigenvalue weighted by Gasteiger charge is 2.53. The van der Waals surface area contributed by atoms with Gasteiger partial charge in [0.2, 0.25) is 5.91 Å². The number of likely N-dealkylation sites (tertiary alicyclic amines) is 1. The second-order valence-corrected chi connectivity index (χ2v) is 12.1. The molecule has 1 aromatic heterocycles. The second kappa shape index (κ2) is 10.1. The van der Waals surface area contributed by atoms with Crippen LogP contribution in [0.5, 0.6) is 5.75 Å². The van der Waals surface area contributed by atoms with Gasteiger partial charge < -0.3 is 20.4 Å². The smallest absolute Gasteiger partial charge is 0.258 e. The first-order valence-electron chi connectivity index (χ1n) is 12.5. The topological polar surface area (TPSA) is 120 Å². The van der Waals surface area contributed by atoms with E-state index in [1.165, 1.54) is 16.2 Å². The minimum absolute atomic E-state index is 0.0351. The first kappa shape index (κ1) is 27.2. The van der Waals surface area contributed by atoms with Crippen molar-refractivity contribution in [3.63, 3.8) is 0 Å². The van der Waals surface area contributed by atoms with E-state index in [9.17, 15) is 29.0 Å². The highest BCUT2D eigenvalue weighted by molar-refractivity contribution is 7.13. The molecule has 37 heavy (non-hydrogen) atoms. The van der Waals surface area contributed by atoms with Crippen LogP contribution in [-0.2, 0) is 20.8 Å². The summed E-state index contributed by atoms with van der Waals surface area (Å²) in [5, 5.41) is 23.4. The van der Waals surface area contributed by atoms with E-state index in [0.29, 0.717) is 5.56 Å². The Morgan fingerprint density at radius 1 is 1.30 bits per heavy atom. The van der Waals surface area contributed by atoms with Crippen molar-refractivity contribution in [3.05, 3.63) is 35.0 Å². The Morgan fingerprint density at radius 3 is 2.57 bits per heavy atom. The van der Waals surface area contributed by atoms with Crippen molar-refractivity contribution >= 4 is 28.9 Å². The van der Waals surface area contributed by atoms with Crippen LogP contribution in [0.25, 0.3) is 10.4 Å². The number of ketones is 1. The molecule has 2 fully saturated rings. The highest BCUT2D eigenvalue weighted by Crippen LogP contribution is 2.40. The van der Waals surface area contributed by atoms with Crippen LogP contribution in [0.3, 0.4) is 0 Å². The number of β-amino-alcohol motifs (C(OH)–C–C–N with tert-alkyl or cyclic N) is 1. The number of carbonyl (C=O) groups is 3. The Labute approximate surface area is 219 Å². The molecule has 2 amide bonds. The molecule has 4 rings (SSSR count). The van der Waals surface area contributed by atoms with Crippen molar-refractivity contribution in [2.24, 2.45) is 5.41 Å². The van der Waals surface area contributed by atoms with Gasteiger partial charge in [0, 0.05) is 19.4 Å². The number of aliphatic hydroxyl groups excluding tert-OH is 1. The lowest BCUT2D eigenvalue weighted by Gasteiger charge is -2.35. The Balaban J connectivity index is 1.45. The summed E-state index contributed by atoms with van der Waals surface area (Å²) in [6, 6.07) is 3.41. The molecule has 0 unspecified atom stereocenters. The van der Waals surface area contributed by atoms with Crippen molar-refractivity contribution in [1.82, 2.24) is 15.2 Å². The molecule has 1 aliphatic heterocycles. The van der Waals surface area contributed by atoms with Gasteiger partial charge in [-0.15, -0.1) is 11.3 Å². The zero-order chi connectivity index (χ0) is 27.1. The van der Waals surface area contributed by atoms with E-state index < -0.39 is 41.1 Å². The Hall–Kier alpha value is -2.85. The zero-order valence-electron chi connectivity index (χ0n) is 21.6. The number of aryl methyl sites for hydroxylation is 2. The molecule has 2 heterocycles. The SMILES string of the molecule is Cc1ncsc1-c1ccc(CCC(=O)[C@@H]2C[C@@H](O)CN2C(=O)[C@@H](NC(=O)C2(F)CC2)C(C)(C)C)c(O)c1. The molecule has 1 aromatic carbocycles. The van der Waals surface area contributed by atoms with E-state index in [-0.39, 0.29) is 50.2 Å². The highest BCUT2D eigenvalue weighted by atomic mass is 32.1. The Bertz CT molecular complexity index is 1200. The van der Waals surface area contributed by atoms with E-state index in [4.69, 9.17) is 0 Å². The number of aliphatic hydroxyl groups is 1. The number of carbonyl (C=O) groups excluding carboxylic acids is 3. The summed E-state index contributed by atoms with van der Waals surface area (Å²) in [7, 11) is 0. The number of nitrogens with one attached hydrogen (secondary N) is 1. The molecule has 2 aliphatic rings. The van der Waals surface area contributed by atoms with Crippen LogP contribution in [0.2, 0.25) is 0 Å². The molecule has 2 aromatic rings. The number of hydrogen-bond donors (Lipinski definition) is 3. The Morgan fingerprint density at radius 2 is 2.00 bits per heavy atom. The first-order valence-corrected chi connectivity index (χ1v) is 13.4. The number of phenols is 1. The number of benzene rings is 1. The van der Waals surface area contributed by atoms with Crippen LogP contribution in [-0.4, -0.2) is 68.1 Å². The average molecular weight is 532 g/mol. The summed E-state index contributed by atoms with van der Waals surface area (Å²) in [5.74, 6) is -1.48. The predicted octanol–water partition coefficient (Wildman–Crippen LogP) is 3.32. The Kier molecular flexibility index (Phi) is 7.45. The molecule has 3 atom stereocenters. The second-order valence-electron chi connectivity index (χ2n) is 11.2. The molecule has 1 aliphatic carbocycles. The molecule has 3 N–H and O–H groups in total. The van der Waals surface area contributed by atoms with E-state index >= 15 is 0 Å². The normalized spacial score (nSPS) is 21.5. The number of halogens is 1. The number of phenolic OH excluding ortho intramolecular Hbond substituents is 1. The molecular weight excluding hydrogens is 497 g/mol. The van der Waals surface area contributed by atoms with Gasteiger partial charge in [-0.1, -0.05) is 32.9 Å². The summed E-state index contributed by atoms with van der Waals surface area (Å²) in [6.45, 7) is 7.15. The van der Waals surface area contributed by atoms with E-state index in [1.54, 1.807) is 38.4 Å². The summed E-state index contributed by atoms with van der Waals surface area (Å²) in [5.41, 5.74) is 1.41. The van der Waals surface area contributed by atoms with Gasteiger partial charge in [-0.3, -0.25) is 14.4 Å². The summed E-state index contributed by atoms with van der Waals surface area (Å²) in [6.07, 6.45) is -0.187. The first-order chi connectivity index (χ1) is 17.3. The minimum Gasteiger partial charge on any atom is -0.508 e. The molecule has 8 nitrogen and oxygen atoms in total. The lowest BCUT2D eigenvalue weighted by Crippen LogP contribution is -2.58.